The van der Waals surface area contributed by atoms with Crippen molar-refractivity contribution in [2.45, 2.75) is 19.9 Å². The maximum atomic E-state index is 13.4. The third kappa shape index (κ3) is 3.39. The zero-order valence-electron chi connectivity index (χ0n) is 12.6. The summed E-state index contributed by atoms with van der Waals surface area (Å²) in [6.45, 7) is 2.19. The lowest BCUT2D eigenvalue weighted by atomic mass is 10.1. The molecule has 3 rings (SSSR count). The molecule has 0 aliphatic rings. The molecule has 2 N–H and O–H groups in total. The van der Waals surface area contributed by atoms with Crippen LogP contribution in [0.15, 0.2) is 42.5 Å². The molecule has 0 unspecified atom stereocenters. The number of hydrogen-bond acceptors (Lipinski definition) is 1. The molecule has 0 aliphatic carbocycles. The van der Waals surface area contributed by atoms with Crippen molar-refractivity contribution in [1.82, 2.24) is 10.3 Å². The Balaban J connectivity index is 1.71. The minimum atomic E-state index is -0.329. The summed E-state index contributed by atoms with van der Waals surface area (Å²) < 4.78 is 26.3. The topological polar surface area (TPSA) is 44.9 Å². The molecule has 0 atom stereocenters. The summed E-state index contributed by atoms with van der Waals surface area (Å²) in [4.78, 5) is 15.3. The molecule has 1 amide bonds. The van der Waals surface area contributed by atoms with Gasteiger partial charge in [0.15, 0.2) is 0 Å². The van der Waals surface area contributed by atoms with Crippen LogP contribution in [0.3, 0.4) is 0 Å². The number of amides is 1. The number of aromatic nitrogens is 1. The normalized spacial score (nSPS) is 10.9. The molecule has 23 heavy (non-hydrogen) atoms. The summed E-state index contributed by atoms with van der Waals surface area (Å²) in [7, 11) is 0. The number of H-pyrrole nitrogens is 1. The highest BCUT2D eigenvalue weighted by Crippen LogP contribution is 2.23. The van der Waals surface area contributed by atoms with Crippen molar-refractivity contribution in [2.24, 2.45) is 0 Å². The van der Waals surface area contributed by atoms with Crippen LogP contribution in [0, 0.1) is 18.6 Å². The summed E-state index contributed by atoms with van der Waals surface area (Å²) in [5.74, 6) is -0.802. The average Bonchev–Trinajstić information content (AvgIpc) is 2.82. The van der Waals surface area contributed by atoms with Gasteiger partial charge in [-0.2, -0.15) is 0 Å². The molecule has 0 aliphatic heterocycles. The third-order valence-corrected chi connectivity index (χ3v) is 3.82. The quantitative estimate of drug-likeness (QED) is 0.759. The van der Waals surface area contributed by atoms with Crippen molar-refractivity contribution >= 4 is 16.8 Å². The number of benzene rings is 2. The van der Waals surface area contributed by atoms with Gasteiger partial charge < -0.3 is 10.3 Å². The molecule has 0 spiro atoms. The predicted molar refractivity (Wildman–Crippen MR) is 84.9 cm³/mol. The van der Waals surface area contributed by atoms with Crippen LogP contribution in [0.2, 0.25) is 0 Å². The van der Waals surface area contributed by atoms with Gasteiger partial charge in [-0.3, -0.25) is 4.79 Å². The second-order valence-electron chi connectivity index (χ2n) is 5.50. The predicted octanol–water partition coefficient (Wildman–Crippen LogP) is 3.61. The van der Waals surface area contributed by atoms with Crippen molar-refractivity contribution in [1.29, 1.82) is 0 Å². The van der Waals surface area contributed by atoms with Gasteiger partial charge in [-0.15, -0.1) is 0 Å². The van der Waals surface area contributed by atoms with E-state index in [1.807, 2.05) is 6.92 Å². The minimum absolute atomic E-state index is 0.163. The van der Waals surface area contributed by atoms with Gasteiger partial charge in [0.2, 0.25) is 5.91 Å². The van der Waals surface area contributed by atoms with Crippen molar-refractivity contribution < 1.29 is 13.6 Å². The van der Waals surface area contributed by atoms with Gasteiger partial charge in [0, 0.05) is 23.1 Å². The molecule has 0 bridgehead atoms. The summed E-state index contributed by atoms with van der Waals surface area (Å²) >= 11 is 0. The van der Waals surface area contributed by atoms with Crippen LogP contribution in [0.4, 0.5) is 8.78 Å². The maximum absolute atomic E-state index is 13.4. The van der Waals surface area contributed by atoms with E-state index in [1.165, 1.54) is 24.3 Å². The number of halogens is 2. The zero-order valence-corrected chi connectivity index (χ0v) is 12.6. The first-order chi connectivity index (χ1) is 11.0. The molecule has 118 valence electrons. The lowest BCUT2D eigenvalue weighted by Crippen LogP contribution is -2.24. The summed E-state index contributed by atoms with van der Waals surface area (Å²) in [5, 5.41) is 3.52. The van der Waals surface area contributed by atoms with Gasteiger partial charge >= 0.3 is 0 Å². The molecular formula is C18H16F2N2O. The van der Waals surface area contributed by atoms with E-state index in [4.69, 9.17) is 0 Å². The highest BCUT2D eigenvalue weighted by Gasteiger charge is 2.13. The first kappa shape index (κ1) is 15.2. The van der Waals surface area contributed by atoms with Crippen LogP contribution in [0.1, 0.15) is 16.8 Å². The standard InChI is InChI=1S/C18H16F2N2O/c1-11-15(16-8-14(20)6-7-17(16)22-11)9-18(23)21-10-12-2-4-13(19)5-3-12/h2-8,22H,9-10H2,1H3,(H,21,23). The van der Waals surface area contributed by atoms with Crippen molar-refractivity contribution in [3.63, 3.8) is 0 Å². The second-order valence-corrected chi connectivity index (χ2v) is 5.50. The number of carbonyl (C=O) groups is 1. The van der Waals surface area contributed by atoms with Gasteiger partial charge in [0.25, 0.3) is 0 Å². The molecule has 3 aromatic rings. The number of hydrogen-bond donors (Lipinski definition) is 2. The first-order valence-electron chi connectivity index (χ1n) is 7.31. The molecule has 1 aromatic heterocycles. The Hall–Kier alpha value is -2.69. The number of aryl methyl sites for hydroxylation is 1. The van der Waals surface area contributed by atoms with E-state index < -0.39 is 0 Å². The van der Waals surface area contributed by atoms with Gasteiger partial charge in [0.05, 0.1) is 6.42 Å². The van der Waals surface area contributed by atoms with Crippen LogP contribution in [0.25, 0.3) is 10.9 Å². The molecule has 2 aromatic carbocycles. The monoisotopic (exact) mass is 314 g/mol. The van der Waals surface area contributed by atoms with Crippen molar-refractivity contribution in [2.75, 3.05) is 0 Å². The van der Waals surface area contributed by atoms with Crippen LogP contribution in [-0.4, -0.2) is 10.9 Å². The molecule has 0 fully saturated rings. The van der Waals surface area contributed by atoms with E-state index in [9.17, 15) is 13.6 Å². The van der Waals surface area contributed by atoms with Gasteiger partial charge in [-0.1, -0.05) is 12.1 Å². The average molecular weight is 314 g/mol. The number of carbonyl (C=O) groups excluding carboxylic acids is 1. The fourth-order valence-corrected chi connectivity index (χ4v) is 2.61. The lowest BCUT2D eigenvalue weighted by Gasteiger charge is -2.06. The zero-order chi connectivity index (χ0) is 16.4. The van der Waals surface area contributed by atoms with Crippen molar-refractivity contribution in [3.05, 3.63) is 70.9 Å². The van der Waals surface area contributed by atoms with E-state index in [1.54, 1.807) is 18.2 Å². The Bertz CT molecular complexity index is 853. The number of nitrogens with one attached hydrogen (secondary N) is 2. The molecule has 1 heterocycles. The molecule has 5 heteroatoms. The van der Waals surface area contributed by atoms with E-state index in [0.29, 0.717) is 6.54 Å². The first-order valence-corrected chi connectivity index (χ1v) is 7.31. The molecule has 3 nitrogen and oxygen atoms in total. The van der Waals surface area contributed by atoms with E-state index in [2.05, 4.69) is 10.3 Å². The van der Waals surface area contributed by atoms with Crippen LogP contribution >= 0.6 is 0 Å². The molecular weight excluding hydrogens is 298 g/mol. The van der Waals surface area contributed by atoms with Crippen LogP contribution in [-0.2, 0) is 17.8 Å². The van der Waals surface area contributed by atoms with E-state index in [0.717, 1.165) is 27.7 Å². The Morgan fingerprint density at radius 2 is 1.78 bits per heavy atom. The van der Waals surface area contributed by atoms with Crippen molar-refractivity contribution in [3.8, 4) is 0 Å². The van der Waals surface area contributed by atoms with Gasteiger partial charge in [0.1, 0.15) is 11.6 Å². The number of aromatic amines is 1. The Labute approximate surface area is 132 Å². The molecule has 0 saturated carbocycles. The summed E-state index contributed by atoms with van der Waals surface area (Å²) in [5.41, 5.74) is 3.27. The van der Waals surface area contributed by atoms with E-state index in [-0.39, 0.29) is 24.0 Å². The Morgan fingerprint density at radius 1 is 1.09 bits per heavy atom. The number of rotatable bonds is 4. The Morgan fingerprint density at radius 3 is 2.52 bits per heavy atom. The molecule has 0 radical (unpaired) electrons. The fourth-order valence-electron chi connectivity index (χ4n) is 2.61. The SMILES string of the molecule is Cc1[nH]c2ccc(F)cc2c1CC(=O)NCc1ccc(F)cc1. The maximum Gasteiger partial charge on any atom is 0.224 e. The minimum Gasteiger partial charge on any atom is -0.358 e. The van der Waals surface area contributed by atoms with Gasteiger partial charge in [-0.05, 0) is 48.4 Å². The smallest absolute Gasteiger partial charge is 0.224 e. The third-order valence-electron chi connectivity index (χ3n) is 3.82. The number of fused-ring (bicyclic) bond motifs is 1. The summed E-state index contributed by atoms with van der Waals surface area (Å²) in [6.07, 6.45) is 0.163. The Kier molecular flexibility index (Phi) is 4.10. The van der Waals surface area contributed by atoms with Crippen LogP contribution in [0.5, 0.6) is 0 Å². The second kappa shape index (κ2) is 6.20. The fraction of sp³-hybridized carbons (Fsp3) is 0.167. The summed E-state index contributed by atoms with van der Waals surface area (Å²) in [6, 6.07) is 10.4. The highest BCUT2D eigenvalue weighted by molar-refractivity contribution is 5.90. The highest BCUT2D eigenvalue weighted by atomic mass is 19.1. The lowest BCUT2D eigenvalue weighted by molar-refractivity contribution is -0.120. The van der Waals surface area contributed by atoms with Gasteiger partial charge in [-0.25, -0.2) is 8.78 Å². The largest absolute Gasteiger partial charge is 0.358 e. The van der Waals surface area contributed by atoms with Crippen LogP contribution < -0.4 is 5.32 Å². The molecule has 0 saturated heterocycles. The van der Waals surface area contributed by atoms with E-state index >= 15 is 0 Å².